The molecule has 15 heavy (non-hydrogen) atoms. The predicted molar refractivity (Wildman–Crippen MR) is 59.6 cm³/mol. The van der Waals surface area contributed by atoms with Crippen LogP contribution in [0.3, 0.4) is 0 Å². The molecule has 1 fully saturated rings. The fourth-order valence-electron chi connectivity index (χ4n) is 1.47. The van der Waals surface area contributed by atoms with Gasteiger partial charge in [0.05, 0.1) is 10.7 Å². The van der Waals surface area contributed by atoms with Crippen LogP contribution in [0.15, 0.2) is 18.2 Å². The number of hydrogen-bond acceptors (Lipinski definition) is 2. The molecule has 3 nitrogen and oxygen atoms in total. The Bertz CT molecular complexity index is 388. The molecule has 0 radical (unpaired) electrons. The molecule has 1 aromatic carbocycles. The molecule has 0 saturated heterocycles. The lowest BCUT2D eigenvalue weighted by Gasteiger charge is -2.09. The van der Waals surface area contributed by atoms with E-state index in [1.54, 1.807) is 18.2 Å². The van der Waals surface area contributed by atoms with Crippen molar-refractivity contribution in [3.63, 3.8) is 0 Å². The molecule has 0 amide bonds. The Labute approximate surface area is 93.1 Å². The van der Waals surface area contributed by atoms with Crippen molar-refractivity contribution in [2.45, 2.75) is 12.8 Å². The fourth-order valence-corrected chi connectivity index (χ4v) is 1.72. The van der Waals surface area contributed by atoms with E-state index in [2.05, 4.69) is 5.32 Å². The Morgan fingerprint density at radius 3 is 2.87 bits per heavy atom. The summed E-state index contributed by atoms with van der Waals surface area (Å²) in [5.41, 5.74) is 0.779. The highest BCUT2D eigenvalue weighted by atomic mass is 35.5. The number of hydrogen-bond donors (Lipinski definition) is 2. The van der Waals surface area contributed by atoms with Gasteiger partial charge in [-0.3, -0.25) is 0 Å². The zero-order valence-electron chi connectivity index (χ0n) is 8.16. The summed E-state index contributed by atoms with van der Waals surface area (Å²) in [5, 5.41) is 12.4. The molecule has 0 spiro atoms. The van der Waals surface area contributed by atoms with Gasteiger partial charge in [-0.05, 0) is 30.9 Å². The van der Waals surface area contributed by atoms with Crippen molar-refractivity contribution in [1.29, 1.82) is 0 Å². The zero-order valence-corrected chi connectivity index (χ0v) is 8.92. The minimum atomic E-state index is -0.987. The van der Waals surface area contributed by atoms with Crippen molar-refractivity contribution in [1.82, 2.24) is 0 Å². The van der Waals surface area contributed by atoms with Crippen LogP contribution in [0.2, 0.25) is 5.02 Å². The minimum Gasteiger partial charge on any atom is -0.478 e. The van der Waals surface area contributed by atoms with E-state index < -0.39 is 5.97 Å². The van der Waals surface area contributed by atoms with Gasteiger partial charge in [-0.1, -0.05) is 17.7 Å². The molecule has 80 valence electrons. The number of halogens is 1. The maximum atomic E-state index is 11.0. The summed E-state index contributed by atoms with van der Waals surface area (Å²) in [6.45, 7) is 0.834. The quantitative estimate of drug-likeness (QED) is 0.829. The number of benzene rings is 1. The molecule has 0 bridgehead atoms. The topological polar surface area (TPSA) is 49.3 Å². The van der Waals surface area contributed by atoms with E-state index in [0.29, 0.717) is 11.6 Å². The number of aromatic carboxylic acids is 1. The maximum Gasteiger partial charge on any atom is 0.339 e. The van der Waals surface area contributed by atoms with Crippen LogP contribution in [-0.2, 0) is 0 Å². The first-order valence-corrected chi connectivity index (χ1v) is 5.32. The van der Waals surface area contributed by atoms with Gasteiger partial charge in [0.25, 0.3) is 0 Å². The molecule has 4 heteroatoms. The van der Waals surface area contributed by atoms with Gasteiger partial charge in [-0.15, -0.1) is 0 Å². The largest absolute Gasteiger partial charge is 0.478 e. The van der Waals surface area contributed by atoms with E-state index in [4.69, 9.17) is 16.7 Å². The Morgan fingerprint density at radius 2 is 2.27 bits per heavy atom. The second-order valence-corrected chi connectivity index (χ2v) is 4.20. The third-order valence-corrected chi connectivity index (χ3v) is 2.82. The Hall–Kier alpha value is -1.22. The number of rotatable bonds is 4. The summed E-state index contributed by atoms with van der Waals surface area (Å²) in [6.07, 6.45) is 2.46. The molecule has 0 aromatic heterocycles. The molecule has 0 heterocycles. The average molecular weight is 226 g/mol. The zero-order chi connectivity index (χ0) is 10.8. The SMILES string of the molecule is O=C(O)c1c(Cl)cccc1NCC1CC1. The Morgan fingerprint density at radius 1 is 1.53 bits per heavy atom. The summed E-state index contributed by atoms with van der Waals surface area (Å²) in [4.78, 5) is 11.0. The summed E-state index contributed by atoms with van der Waals surface area (Å²) in [6, 6.07) is 5.09. The van der Waals surface area contributed by atoms with Crippen LogP contribution in [-0.4, -0.2) is 17.6 Å². The standard InChI is InChI=1S/C11H12ClNO2/c12-8-2-1-3-9(10(8)11(14)15)13-6-7-4-5-7/h1-3,7,13H,4-6H2,(H,14,15). The van der Waals surface area contributed by atoms with Crippen LogP contribution in [0.25, 0.3) is 0 Å². The molecular formula is C11H12ClNO2. The first-order valence-electron chi connectivity index (χ1n) is 4.94. The average Bonchev–Trinajstić information content (AvgIpc) is 2.97. The molecule has 1 aliphatic carbocycles. The van der Waals surface area contributed by atoms with Crippen LogP contribution < -0.4 is 5.32 Å². The second kappa shape index (κ2) is 4.11. The van der Waals surface area contributed by atoms with Crippen molar-refractivity contribution in [2.24, 2.45) is 5.92 Å². The third-order valence-electron chi connectivity index (χ3n) is 2.51. The van der Waals surface area contributed by atoms with Crippen molar-refractivity contribution >= 4 is 23.3 Å². The smallest absolute Gasteiger partial charge is 0.339 e. The highest BCUT2D eigenvalue weighted by Crippen LogP contribution is 2.30. The number of nitrogens with one attached hydrogen (secondary N) is 1. The van der Waals surface area contributed by atoms with Crippen molar-refractivity contribution < 1.29 is 9.90 Å². The maximum absolute atomic E-state index is 11.0. The van der Waals surface area contributed by atoms with Crippen LogP contribution in [0.1, 0.15) is 23.2 Å². The van der Waals surface area contributed by atoms with Gasteiger partial charge in [0.15, 0.2) is 0 Å². The van der Waals surface area contributed by atoms with E-state index in [-0.39, 0.29) is 10.6 Å². The van der Waals surface area contributed by atoms with E-state index in [0.717, 1.165) is 6.54 Å². The summed E-state index contributed by atoms with van der Waals surface area (Å²) in [7, 11) is 0. The molecule has 2 N–H and O–H groups in total. The molecular weight excluding hydrogens is 214 g/mol. The van der Waals surface area contributed by atoms with Gasteiger partial charge < -0.3 is 10.4 Å². The monoisotopic (exact) mass is 225 g/mol. The summed E-state index contributed by atoms with van der Waals surface area (Å²) < 4.78 is 0. The van der Waals surface area contributed by atoms with Gasteiger partial charge in [0, 0.05) is 6.54 Å². The molecule has 2 rings (SSSR count). The van der Waals surface area contributed by atoms with Crippen LogP contribution in [0.4, 0.5) is 5.69 Å². The number of carbonyl (C=O) groups is 1. The normalized spacial score (nSPS) is 15.0. The van der Waals surface area contributed by atoms with E-state index in [1.165, 1.54) is 12.8 Å². The Kier molecular flexibility index (Phi) is 2.82. The third kappa shape index (κ3) is 2.42. The lowest BCUT2D eigenvalue weighted by molar-refractivity contribution is 0.0698. The predicted octanol–water partition coefficient (Wildman–Crippen LogP) is 2.86. The highest BCUT2D eigenvalue weighted by Gasteiger charge is 2.22. The first kappa shape index (κ1) is 10.3. The molecule has 0 atom stereocenters. The highest BCUT2D eigenvalue weighted by molar-refractivity contribution is 6.34. The second-order valence-electron chi connectivity index (χ2n) is 3.79. The summed E-state index contributed by atoms with van der Waals surface area (Å²) >= 11 is 5.83. The van der Waals surface area contributed by atoms with Crippen molar-refractivity contribution in [2.75, 3.05) is 11.9 Å². The lowest BCUT2D eigenvalue weighted by Crippen LogP contribution is -2.09. The van der Waals surface area contributed by atoms with E-state index >= 15 is 0 Å². The van der Waals surface area contributed by atoms with Crippen LogP contribution in [0.5, 0.6) is 0 Å². The van der Waals surface area contributed by atoms with Gasteiger partial charge in [0.1, 0.15) is 5.56 Å². The number of carboxylic acids is 1. The Balaban J connectivity index is 2.19. The number of anilines is 1. The van der Waals surface area contributed by atoms with Crippen molar-refractivity contribution in [3.8, 4) is 0 Å². The summed E-state index contributed by atoms with van der Waals surface area (Å²) in [5.74, 6) is -0.287. The molecule has 1 aromatic rings. The van der Waals surface area contributed by atoms with Gasteiger partial charge in [0.2, 0.25) is 0 Å². The first-order chi connectivity index (χ1) is 7.18. The van der Waals surface area contributed by atoms with Crippen LogP contribution in [0, 0.1) is 5.92 Å². The van der Waals surface area contributed by atoms with Gasteiger partial charge >= 0.3 is 5.97 Å². The van der Waals surface area contributed by atoms with E-state index in [1.807, 2.05) is 0 Å². The molecule has 0 unspecified atom stereocenters. The molecule has 1 saturated carbocycles. The number of carboxylic acid groups (broad SMARTS) is 1. The molecule has 1 aliphatic rings. The minimum absolute atomic E-state index is 0.166. The van der Waals surface area contributed by atoms with E-state index in [9.17, 15) is 4.79 Å². The fraction of sp³-hybridized carbons (Fsp3) is 0.364. The molecule has 0 aliphatic heterocycles. The van der Waals surface area contributed by atoms with Gasteiger partial charge in [-0.25, -0.2) is 4.79 Å². The van der Waals surface area contributed by atoms with Crippen molar-refractivity contribution in [3.05, 3.63) is 28.8 Å². The lowest BCUT2D eigenvalue weighted by atomic mass is 10.1. The van der Waals surface area contributed by atoms with Crippen LogP contribution >= 0.6 is 11.6 Å². The van der Waals surface area contributed by atoms with Gasteiger partial charge in [-0.2, -0.15) is 0 Å².